The van der Waals surface area contributed by atoms with Crippen LogP contribution < -0.4 is 10.9 Å². The van der Waals surface area contributed by atoms with Crippen molar-refractivity contribution in [2.24, 2.45) is 56.5 Å². The Balaban J connectivity index is 1.48. The first-order valence-corrected chi connectivity index (χ1v) is 19.6. The quantitative estimate of drug-likeness (QED) is 0.0822. The van der Waals surface area contributed by atoms with Gasteiger partial charge in [0.2, 0.25) is 0 Å². The van der Waals surface area contributed by atoms with Crippen LogP contribution in [0.4, 0.5) is 34.1 Å². The molecule has 3 N–H and O–H groups in total. The van der Waals surface area contributed by atoms with E-state index in [0.29, 0.717) is 48.6 Å². The highest BCUT2D eigenvalue weighted by Crippen LogP contribution is 2.65. The second-order valence-electron chi connectivity index (χ2n) is 17.0. The molecule has 56 heavy (non-hydrogen) atoms. The van der Waals surface area contributed by atoms with Crippen LogP contribution >= 0.6 is 0 Å². The summed E-state index contributed by atoms with van der Waals surface area (Å²) in [6.45, 7) is 11.5. The third-order valence-electron chi connectivity index (χ3n) is 13.3. The Labute approximate surface area is 326 Å². The van der Waals surface area contributed by atoms with Crippen LogP contribution in [0.5, 0.6) is 0 Å². The van der Waals surface area contributed by atoms with Crippen molar-refractivity contribution < 1.29 is 24.8 Å². The van der Waals surface area contributed by atoms with Gasteiger partial charge in [0, 0.05) is 35.9 Å². The fraction of sp³-hybridized carbons (Fsp3) is 0.641. The molecule has 2 aromatic rings. The van der Waals surface area contributed by atoms with E-state index in [9.17, 15) is 45.6 Å². The predicted molar refractivity (Wildman–Crippen MR) is 214 cm³/mol. The van der Waals surface area contributed by atoms with Gasteiger partial charge in [-0.1, -0.05) is 53.9 Å². The zero-order chi connectivity index (χ0) is 40.9. The van der Waals surface area contributed by atoms with E-state index in [2.05, 4.69) is 50.6 Å². The minimum Gasteiger partial charge on any atom is -0.393 e. The molecule has 0 aromatic heterocycles. The maximum absolute atomic E-state index is 11.9. The number of anilines is 2. The summed E-state index contributed by atoms with van der Waals surface area (Å²) >= 11 is 0. The summed E-state index contributed by atoms with van der Waals surface area (Å²) in [7, 11) is 0. The van der Waals surface area contributed by atoms with E-state index in [4.69, 9.17) is 5.10 Å². The number of nitro benzene ring substituents is 4. The van der Waals surface area contributed by atoms with Crippen LogP contribution in [0, 0.1) is 86.8 Å². The molecule has 0 saturated heterocycles. The number of aliphatic hydroxyl groups is 1. The standard InChI is InChI=1S/C39H54N8O9/c1-24(2)7-6-8-25(3)30-11-12-31-29(17-20-40-41-33-13-9-26(44(49)50)21-35(33)46(53)54)32(16-19-38(30,31)4)39(5)18-15-28(48)23-37(39)43-42-34-14-10-27(45(51)52)22-36(34)47(55)56/h9-10,13-14,20-22,24-25,28-32,41-42,48H,6-8,11-12,15-19,23H2,1-5H3/b40-20+,43-37+/t25-,28+,29?,30-,31?,32?,38-,39-/m1/s1. The summed E-state index contributed by atoms with van der Waals surface area (Å²) in [6.07, 6.45) is 10.6. The van der Waals surface area contributed by atoms with Crippen molar-refractivity contribution in [3.8, 4) is 0 Å². The average molecular weight is 779 g/mol. The summed E-state index contributed by atoms with van der Waals surface area (Å²) in [5.41, 5.74) is 4.10. The molecule has 3 aliphatic rings. The predicted octanol–water partition coefficient (Wildman–Crippen LogP) is 9.65. The van der Waals surface area contributed by atoms with Crippen molar-refractivity contribution in [1.82, 2.24) is 0 Å². The molecule has 5 rings (SSSR count). The fourth-order valence-electron chi connectivity index (χ4n) is 10.3. The molecule has 3 fully saturated rings. The minimum absolute atomic E-state index is 0.00640. The molecule has 0 radical (unpaired) electrons. The zero-order valence-corrected chi connectivity index (χ0v) is 32.8. The van der Waals surface area contributed by atoms with Gasteiger partial charge in [-0.3, -0.25) is 51.3 Å². The molecule has 3 saturated carbocycles. The SMILES string of the molecule is CC(C)CCC[C@@H](C)[C@H]1CCC2C(C/C=N/Nc3ccc([N+](=O)[O-])cc3[N+](=O)[O-])C([C@@]3(C)CC[C@H](O)C/C3=N\Nc3ccc([N+](=O)[O-])cc3[N+](=O)[O-])CC[C@@]21C. The Hall–Kier alpha value is -5.06. The Morgan fingerprint density at radius 1 is 0.804 bits per heavy atom. The number of nitrogens with zero attached hydrogens (tertiary/aromatic N) is 6. The van der Waals surface area contributed by atoms with E-state index in [0.717, 1.165) is 37.8 Å². The number of non-ortho nitro benzene ring substituents is 2. The van der Waals surface area contributed by atoms with Crippen molar-refractivity contribution in [2.45, 2.75) is 111 Å². The van der Waals surface area contributed by atoms with Crippen LogP contribution in [0.3, 0.4) is 0 Å². The fourth-order valence-corrected chi connectivity index (χ4v) is 10.3. The van der Waals surface area contributed by atoms with E-state index >= 15 is 0 Å². The van der Waals surface area contributed by atoms with Gasteiger partial charge in [-0.25, -0.2) is 0 Å². The lowest BCUT2D eigenvalue weighted by Crippen LogP contribution is -2.52. The van der Waals surface area contributed by atoms with Crippen LogP contribution in [0.15, 0.2) is 46.6 Å². The van der Waals surface area contributed by atoms with Crippen LogP contribution in [-0.4, -0.2) is 42.8 Å². The van der Waals surface area contributed by atoms with Gasteiger partial charge in [-0.2, -0.15) is 10.2 Å². The highest BCUT2D eigenvalue weighted by Gasteiger charge is 2.58. The molecule has 0 spiro atoms. The van der Waals surface area contributed by atoms with Gasteiger partial charge in [-0.15, -0.1) is 0 Å². The third-order valence-corrected chi connectivity index (χ3v) is 13.3. The van der Waals surface area contributed by atoms with Crippen LogP contribution in [-0.2, 0) is 0 Å². The molecule has 3 unspecified atom stereocenters. The number of nitro groups is 4. The van der Waals surface area contributed by atoms with E-state index in [1.54, 1.807) is 6.21 Å². The number of nitrogens with one attached hydrogen (secondary N) is 2. The molecule has 17 nitrogen and oxygen atoms in total. The molecular weight excluding hydrogens is 724 g/mol. The van der Waals surface area contributed by atoms with Crippen molar-refractivity contribution in [3.05, 3.63) is 76.9 Å². The second kappa shape index (κ2) is 17.4. The summed E-state index contributed by atoms with van der Waals surface area (Å²) in [4.78, 5) is 43.5. The number of hydrogen-bond donors (Lipinski definition) is 3. The molecule has 3 aliphatic carbocycles. The lowest BCUT2D eigenvalue weighted by atomic mass is 9.49. The number of benzene rings is 2. The van der Waals surface area contributed by atoms with Gasteiger partial charge in [-0.05, 0) is 98.0 Å². The molecule has 17 heteroatoms. The second-order valence-corrected chi connectivity index (χ2v) is 17.0. The van der Waals surface area contributed by atoms with E-state index < -0.39 is 54.0 Å². The monoisotopic (exact) mass is 778 g/mol. The van der Waals surface area contributed by atoms with Gasteiger partial charge < -0.3 is 5.11 Å². The lowest BCUT2D eigenvalue weighted by Gasteiger charge is -2.55. The number of aliphatic hydroxyl groups excluding tert-OH is 1. The third kappa shape index (κ3) is 8.98. The first-order chi connectivity index (χ1) is 26.5. The topological polar surface area (TPSA) is 242 Å². The Kier molecular flexibility index (Phi) is 13.1. The molecule has 0 amide bonds. The highest BCUT2D eigenvalue weighted by molar-refractivity contribution is 5.92. The molecule has 0 aliphatic heterocycles. The van der Waals surface area contributed by atoms with Gasteiger partial charge in [0.1, 0.15) is 11.4 Å². The summed E-state index contributed by atoms with van der Waals surface area (Å²) in [5.74, 6) is 2.26. The van der Waals surface area contributed by atoms with Crippen molar-refractivity contribution in [3.63, 3.8) is 0 Å². The average Bonchev–Trinajstić information content (AvgIpc) is 3.50. The smallest absolute Gasteiger partial charge is 0.301 e. The zero-order valence-electron chi connectivity index (χ0n) is 32.8. The maximum atomic E-state index is 11.9. The largest absolute Gasteiger partial charge is 0.393 e. The van der Waals surface area contributed by atoms with Gasteiger partial charge in [0.25, 0.3) is 11.4 Å². The van der Waals surface area contributed by atoms with E-state index in [1.165, 1.54) is 43.5 Å². The van der Waals surface area contributed by atoms with Crippen molar-refractivity contribution >= 4 is 46.1 Å². The van der Waals surface area contributed by atoms with Crippen LogP contribution in [0.2, 0.25) is 0 Å². The number of rotatable bonds is 16. The normalized spacial score (nSPS) is 28.9. The van der Waals surface area contributed by atoms with E-state index in [-0.39, 0.29) is 35.0 Å². The molecule has 0 heterocycles. The molecule has 0 bridgehead atoms. The van der Waals surface area contributed by atoms with E-state index in [1.807, 2.05) is 0 Å². The number of hydrazone groups is 2. The van der Waals surface area contributed by atoms with Gasteiger partial charge in [0.05, 0.1) is 37.9 Å². The lowest BCUT2D eigenvalue weighted by molar-refractivity contribution is -0.393. The Morgan fingerprint density at radius 2 is 1.41 bits per heavy atom. The highest BCUT2D eigenvalue weighted by atomic mass is 16.6. The van der Waals surface area contributed by atoms with Gasteiger partial charge >= 0.3 is 11.4 Å². The van der Waals surface area contributed by atoms with Gasteiger partial charge in [0.15, 0.2) is 0 Å². The molecule has 304 valence electrons. The van der Waals surface area contributed by atoms with Crippen molar-refractivity contribution in [2.75, 3.05) is 10.9 Å². The summed E-state index contributed by atoms with van der Waals surface area (Å²) in [5, 5.41) is 66.3. The first kappa shape index (κ1) is 42.1. The number of hydrogen-bond acceptors (Lipinski definition) is 13. The Morgan fingerprint density at radius 3 is 1.98 bits per heavy atom. The maximum Gasteiger partial charge on any atom is 0.301 e. The molecule has 8 atom stereocenters. The summed E-state index contributed by atoms with van der Waals surface area (Å²) in [6, 6.07) is 6.71. The summed E-state index contributed by atoms with van der Waals surface area (Å²) < 4.78 is 0. The van der Waals surface area contributed by atoms with Crippen LogP contribution in [0.1, 0.15) is 105 Å². The minimum atomic E-state index is -0.694. The number of fused-ring (bicyclic) bond motifs is 1. The first-order valence-electron chi connectivity index (χ1n) is 19.6. The Bertz CT molecular complexity index is 1870. The van der Waals surface area contributed by atoms with Crippen molar-refractivity contribution in [1.29, 1.82) is 0 Å². The molecular formula is C39H54N8O9. The van der Waals surface area contributed by atoms with Crippen LogP contribution in [0.25, 0.3) is 0 Å². The molecule has 2 aromatic carbocycles.